The molecule has 1 aliphatic heterocycles. The van der Waals surface area contributed by atoms with Gasteiger partial charge < -0.3 is 15.1 Å². The molecule has 0 fully saturated rings. The van der Waals surface area contributed by atoms with Crippen LogP contribution in [-0.4, -0.2) is 35.6 Å². The number of para-hydroxylation sites is 1. The summed E-state index contributed by atoms with van der Waals surface area (Å²) in [6.07, 6.45) is 1.64. The van der Waals surface area contributed by atoms with Crippen LogP contribution in [0.3, 0.4) is 0 Å². The van der Waals surface area contributed by atoms with E-state index in [1.165, 1.54) is 24.3 Å². The third-order valence-electron chi connectivity index (χ3n) is 4.23. The first-order valence-electron chi connectivity index (χ1n) is 8.56. The Bertz CT molecular complexity index is 943. The Morgan fingerprint density at radius 3 is 2.89 bits per heavy atom. The highest BCUT2D eigenvalue weighted by atomic mass is 16.6. The molecule has 0 unspecified atom stereocenters. The topological polar surface area (TPSA) is 114 Å². The van der Waals surface area contributed by atoms with Crippen molar-refractivity contribution in [2.45, 2.75) is 19.4 Å². The van der Waals surface area contributed by atoms with Crippen molar-refractivity contribution in [1.29, 1.82) is 0 Å². The Labute approximate surface area is 160 Å². The Balaban J connectivity index is 1.51. The standard InChI is InChI=1S/C19H18N4O5/c1-13-9-14-5-2-3-8-17(14)22(13)19(25)12-28-20-11-18(24)21-15-6-4-7-16(10-15)23(26)27/h2-8,10-11,13H,9,12H2,1H3,(H,21,24)/b20-11-/t13-/m1/s1. The first-order valence-corrected chi connectivity index (χ1v) is 8.56. The summed E-state index contributed by atoms with van der Waals surface area (Å²) in [6.45, 7) is 1.65. The van der Waals surface area contributed by atoms with Crippen LogP contribution in [0.4, 0.5) is 17.1 Å². The van der Waals surface area contributed by atoms with E-state index in [1.54, 1.807) is 4.90 Å². The highest BCUT2D eigenvalue weighted by Crippen LogP contribution is 2.31. The minimum absolute atomic E-state index is 0.0228. The lowest BCUT2D eigenvalue weighted by Gasteiger charge is -2.21. The predicted octanol–water partition coefficient (Wildman–Crippen LogP) is 2.51. The number of oxime groups is 1. The van der Waals surface area contributed by atoms with Crippen LogP contribution < -0.4 is 10.2 Å². The van der Waals surface area contributed by atoms with Crippen molar-refractivity contribution < 1.29 is 19.3 Å². The zero-order chi connectivity index (χ0) is 20.1. The van der Waals surface area contributed by atoms with Gasteiger partial charge in [-0.15, -0.1) is 0 Å². The maximum absolute atomic E-state index is 12.4. The molecule has 28 heavy (non-hydrogen) atoms. The van der Waals surface area contributed by atoms with Crippen LogP contribution in [0, 0.1) is 10.1 Å². The van der Waals surface area contributed by atoms with Gasteiger partial charge >= 0.3 is 0 Å². The molecule has 0 radical (unpaired) electrons. The van der Waals surface area contributed by atoms with Crippen molar-refractivity contribution in [3.63, 3.8) is 0 Å². The van der Waals surface area contributed by atoms with Crippen LogP contribution in [-0.2, 0) is 20.8 Å². The third-order valence-corrected chi connectivity index (χ3v) is 4.23. The summed E-state index contributed by atoms with van der Waals surface area (Å²) in [5.41, 5.74) is 2.07. The number of nitrogens with one attached hydrogen (secondary N) is 1. The van der Waals surface area contributed by atoms with Gasteiger partial charge in [0, 0.05) is 29.5 Å². The molecular weight excluding hydrogens is 364 g/mol. The Kier molecular flexibility index (Phi) is 5.64. The molecule has 9 nitrogen and oxygen atoms in total. The summed E-state index contributed by atoms with van der Waals surface area (Å²) < 4.78 is 0. The smallest absolute Gasteiger partial charge is 0.271 e. The molecule has 1 aliphatic rings. The number of carbonyl (C=O) groups excluding carboxylic acids is 2. The van der Waals surface area contributed by atoms with Gasteiger partial charge in [-0.25, -0.2) is 0 Å². The number of hydrogen-bond acceptors (Lipinski definition) is 6. The second-order valence-electron chi connectivity index (χ2n) is 6.25. The average molecular weight is 382 g/mol. The summed E-state index contributed by atoms with van der Waals surface area (Å²) in [5.74, 6) is -0.887. The number of amides is 2. The number of rotatable bonds is 6. The molecule has 0 aliphatic carbocycles. The number of nitro benzene ring substituents is 1. The summed E-state index contributed by atoms with van der Waals surface area (Å²) >= 11 is 0. The largest absolute Gasteiger partial charge is 0.385 e. The normalized spacial score (nSPS) is 15.3. The minimum atomic E-state index is -0.632. The number of nitro groups is 1. The number of anilines is 2. The van der Waals surface area contributed by atoms with E-state index < -0.39 is 10.8 Å². The molecule has 2 amide bonds. The van der Waals surface area contributed by atoms with Crippen LogP contribution in [0.1, 0.15) is 12.5 Å². The van der Waals surface area contributed by atoms with E-state index in [4.69, 9.17) is 4.84 Å². The van der Waals surface area contributed by atoms with Crippen LogP contribution >= 0.6 is 0 Å². The van der Waals surface area contributed by atoms with Gasteiger partial charge in [0.15, 0.2) is 6.61 Å². The fourth-order valence-corrected chi connectivity index (χ4v) is 3.06. The molecule has 0 spiro atoms. The molecule has 9 heteroatoms. The summed E-state index contributed by atoms with van der Waals surface area (Å²) in [5, 5.41) is 16.7. The van der Waals surface area contributed by atoms with E-state index in [-0.39, 0.29) is 29.9 Å². The second-order valence-corrected chi connectivity index (χ2v) is 6.25. The number of hydrogen-bond donors (Lipinski definition) is 1. The van der Waals surface area contributed by atoms with Gasteiger partial charge in [0.25, 0.3) is 17.5 Å². The van der Waals surface area contributed by atoms with Crippen LogP contribution in [0.5, 0.6) is 0 Å². The molecule has 1 heterocycles. The van der Waals surface area contributed by atoms with Crippen molar-refractivity contribution in [2.75, 3.05) is 16.8 Å². The number of non-ortho nitro benzene ring substituents is 1. The lowest BCUT2D eigenvalue weighted by atomic mass is 10.1. The van der Waals surface area contributed by atoms with Gasteiger partial charge in [-0.1, -0.05) is 29.4 Å². The number of fused-ring (bicyclic) bond motifs is 1. The molecule has 144 valence electrons. The lowest BCUT2D eigenvalue weighted by Crippen LogP contribution is -2.38. The quantitative estimate of drug-likeness (QED) is 0.468. The Morgan fingerprint density at radius 1 is 1.32 bits per heavy atom. The van der Waals surface area contributed by atoms with E-state index in [9.17, 15) is 19.7 Å². The fraction of sp³-hybridized carbons (Fsp3) is 0.211. The van der Waals surface area contributed by atoms with Crippen molar-refractivity contribution >= 4 is 35.1 Å². The van der Waals surface area contributed by atoms with Gasteiger partial charge in [-0.3, -0.25) is 19.7 Å². The number of nitrogens with zero attached hydrogens (tertiary/aromatic N) is 3. The van der Waals surface area contributed by atoms with E-state index in [0.29, 0.717) is 0 Å². The highest BCUT2D eigenvalue weighted by Gasteiger charge is 2.30. The SMILES string of the molecule is C[C@@H]1Cc2ccccc2N1C(=O)CO/N=C\C(=O)Nc1cccc([N+](=O)[O-])c1. The maximum atomic E-state index is 12.4. The van der Waals surface area contributed by atoms with E-state index >= 15 is 0 Å². The molecule has 0 bridgehead atoms. The first kappa shape index (κ1) is 19.0. The molecule has 2 aromatic rings. The molecule has 0 saturated carbocycles. The van der Waals surface area contributed by atoms with E-state index in [2.05, 4.69) is 10.5 Å². The van der Waals surface area contributed by atoms with Crippen molar-refractivity contribution in [3.8, 4) is 0 Å². The average Bonchev–Trinajstić information content (AvgIpc) is 3.01. The Morgan fingerprint density at radius 2 is 2.11 bits per heavy atom. The fourth-order valence-electron chi connectivity index (χ4n) is 3.06. The first-order chi connectivity index (χ1) is 13.5. The zero-order valence-corrected chi connectivity index (χ0v) is 15.1. The van der Waals surface area contributed by atoms with E-state index in [1.807, 2.05) is 31.2 Å². The molecular formula is C19H18N4O5. The van der Waals surface area contributed by atoms with Crippen LogP contribution in [0.15, 0.2) is 53.7 Å². The second kappa shape index (κ2) is 8.30. The number of benzene rings is 2. The van der Waals surface area contributed by atoms with Gasteiger partial charge in [-0.2, -0.15) is 0 Å². The predicted molar refractivity (Wildman–Crippen MR) is 103 cm³/mol. The zero-order valence-electron chi connectivity index (χ0n) is 15.1. The lowest BCUT2D eigenvalue weighted by molar-refractivity contribution is -0.384. The van der Waals surface area contributed by atoms with E-state index in [0.717, 1.165) is 23.9 Å². The monoisotopic (exact) mass is 382 g/mol. The van der Waals surface area contributed by atoms with Gasteiger partial charge in [0.1, 0.15) is 6.21 Å². The molecule has 2 aromatic carbocycles. The van der Waals surface area contributed by atoms with Crippen molar-refractivity contribution in [2.24, 2.45) is 5.16 Å². The van der Waals surface area contributed by atoms with Crippen molar-refractivity contribution in [3.05, 3.63) is 64.2 Å². The summed E-state index contributed by atoms with van der Waals surface area (Å²) in [4.78, 5) is 41.0. The number of carbonyl (C=O) groups is 2. The Hall–Kier alpha value is -3.75. The molecule has 1 N–H and O–H groups in total. The third kappa shape index (κ3) is 4.32. The molecule has 0 saturated heterocycles. The van der Waals surface area contributed by atoms with Crippen LogP contribution in [0.2, 0.25) is 0 Å². The van der Waals surface area contributed by atoms with Gasteiger partial charge in [-0.05, 0) is 31.0 Å². The van der Waals surface area contributed by atoms with Crippen LogP contribution in [0.25, 0.3) is 0 Å². The maximum Gasteiger partial charge on any atom is 0.271 e. The molecule has 1 atom stereocenters. The summed E-state index contributed by atoms with van der Waals surface area (Å²) in [7, 11) is 0. The van der Waals surface area contributed by atoms with Crippen molar-refractivity contribution in [1.82, 2.24) is 0 Å². The van der Waals surface area contributed by atoms with Gasteiger partial charge in [0.05, 0.1) is 4.92 Å². The molecule has 3 rings (SSSR count). The minimum Gasteiger partial charge on any atom is -0.385 e. The van der Waals surface area contributed by atoms with Gasteiger partial charge in [0.2, 0.25) is 0 Å². The highest BCUT2D eigenvalue weighted by molar-refractivity contribution is 6.31. The summed E-state index contributed by atoms with van der Waals surface area (Å²) in [6, 6.07) is 13.2. The molecule has 0 aromatic heterocycles.